The molecule has 0 radical (unpaired) electrons. The van der Waals surface area contributed by atoms with Crippen molar-refractivity contribution in [1.82, 2.24) is 0 Å². The third-order valence-corrected chi connectivity index (χ3v) is 3.57. The Bertz CT molecular complexity index is 269. The molecule has 18 heavy (non-hydrogen) atoms. The molecule has 1 unspecified atom stereocenters. The molecule has 0 aromatic carbocycles. The smallest absolute Gasteiger partial charge is 0.307 e. The van der Waals surface area contributed by atoms with Gasteiger partial charge in [-0.05, 0) is 18.8 Å². The molecule has 1 aliphatic rings. The van der Waals surface area contributed by atoms with Crippen LogP contribution in [0, 0.1) is 11.8 Å². The highest BCUT2D eigenvalue weighted by atomic mass is 16.5. The maximum Gasteiger partial charge on any atom is 0.307 e. The van der Waals surface area contributed by atoms with Gasteiger partial charge in [0, 0.05) is 0 Å². The minimum atomic E-state index is -0.867. The quantitative estimate of drug-likeness (QED) is 0.711. The molecular weight excluding hydrogens is 232 g/mol. The number of carboxylic acids is 1. The molecular formula is C14H24O4. The Labute approximate surface area is 109 Å². The van der Waals surface area contributed by atoms with Crippen molar-refractivity contribution in [2.45, 2.75) is 58.3 Å². The number of hydrogen-bond donors (Lipinski definition) is 1. The predicted molar refractivity (Wildman–Crippen MR) is 68.2 cm³/mol. The van der Waals surface area contributed by atoms with E-state index in [0.29, 0.717) is 18.9 Å². The lowest BCUT2D eigenvalue weighted by atomic mass is 9.82. The number of esters is 1. The van der Waals surface area contributed by atoms with Crippen molar-refractivity contribution in [3.8, 4) is 0 Å². The van der Waals surface area contributed by atoms with Crippen LogP contribution in [0.1, 0.15) is 58.3 Å². The maximum absolute atomic E-state index is 11.5. The topological polar surface area (TPSA) is 63.6 Å². The van der Waals surface area contributed by atoms with Crippen LogP contribution >= 0.6 is 0 Å². The minimum absolute atomic E-state index is 0.0197. The summed E-state index contributed by atoms with van der Waals surface area (Å²) >= 11 is 0. The number of aliphatic carboxylic acids is 1. The molecule has 4 nitrogen and oxygen atoms in total. The van der Waals surface area contributed by atoms with Crippen LogP contribution in [0.4, 0.5) is 0 Å². The number of carbonyl (C=O) groups excluding carboxylic acids is 1. The van der Waals surface area contributed by atoms with E-state index < -0.39 is 11.9 Å². The average molecular weight is 256 g/mol. The van der Waals surface area contributed by atoms with Crippen LogP contribution in [0.25, 0.3) is 0 Å². The third-order valence-electron chi connectivity index (χ3n) is 3.57. The summed E-state index contributed by atoms with van der Waals surface area (Å²) in [5.74, 6) is -1.34. The average Bonchev–Trinajstić information content (AvgIpc) is 2.36. The Hall–Kier alpha value is -1.06. The summed E-state index contributed by atoms with van der Waals surface area (Å²) < 4.78 is 4.96. The van der Waals surface area contributed by atoms with Gasteiger partial charge in [0.25, 0.3) is 0 Å². The molecule has 0 aromatic rings. The second-order valence-electron chi connectivity index (χ2n) is 5.20. The highest BCUT2D eigenvalue weighted by molar-refractivity contribution is 5.78. The van der Waals surface area contributed by atoms with Crippen LogP contribution in [0.2, 0.25) is 0 Å². The van der Waals surface area contributed by atoms with E-state index in [-0.39, 0.29) is 12.4 Å². The van der Waals surface area contributed by atoms with Gasteiger partial charge in [0.1, 0.15) is 0 Å². The first kappa shape index (κ1) is 15.0. The normalized spacial score (nSPS) is 18.3. The molecule has 0 aliphatic heterocycles. The predicted octanol–water partition coefficient (Wildman–Crippen LogP) is 3.00. The van der Waals surface area contributed by atoms with E-state index in [1.165, 1.54) is 19.3 Å². The van der Waals surface area contributed by atoms with Crippen LogP contribution in [-0.4, -0.2) is 23.7 Å². The molecule has 1 aliphatic carbocycles. The van der Waals surface area contributed by atoms with Gasteiger partial charge in [-0.2, -0.15) is 0 Å². The van der Waals surface area contributed by atoms with Crippen LogP contribution in [0.15, 0.2) is 0 Å². The highest BCUT2D eigenvalue weighted by Gasteiger charge is 2.26. The molecule has 0 spiro atoms. The van der Waals surface area contributed by atoms with Crippen LogP contribution < -0.4 is 0 Å². The molecule has 1 fully saturated rings. The number of rotatable bonds is 7. The third kappa shape index (κ3) is 5.52. The lowest BCUT2D eigenvalue weighted by Crippen LogP contribution is -2.23. The van der Waals surface area contributed by atoms with Crippen molar-refractivity contribution >= 4 is 11.9 Å². The summed E-state index contributed by atoms with van der Waals surface area (Å²) in [6.07, 6.45) is 7.26. The Kier molecular flexibility index (Phi) is 6.76. The van der Waals surface area contributed by atoms with Crippen LogP contribution in [-0.2, 0) is 14.3 Å². The van der Waals surface area contributed by atoms with Crippen molar-refractivity contribution in [3.05, 3.63) is 0 Å². The number of carbonyl (C=O) groups is 2. The maximum atomic E-state index is 11.5. The standard InChI is InChI=1S/C14H24O4/c1-2-8-18-13(15)10-12(14(16)17)9-11-6-4-3-5-7-11/h11-12H,2-10H2,1H3,(H,16,17). The molecule has 1 rings (SSSR count). The second-order valence-corrected chi connectivity index (χ2v) is 5.20. The van der Waals surface area contributed by atoms with Gasteiger partial charge in [-0.3, -0.25) is 9.59 Å². The Balaban J connectivity index is 2.38. The van der Waals surface area contributed by atoms with Crippen molar-refractivity contribution in [2.75, 3.05) is 6.61 Å². The molecule has 1 N–H and O–H groups in total. The molecule has 4 heteroatoms. The summed E-state index contributed by atoms with van der Waals surface area (Å²) in [5, 5.41) is 9.17. The lowest BCUT2D eigenvalue weighted by Gasteiger charge is -2.24. The Morgan fingerprint density at radius 3 is 2.50 bits per heavy atom. The van der Waals surface area contributed by atoms with Crippen molar-refractivity contribution in [1.29, 1.82) is 0 Å². The van der Waals surface area contributed by atoms with E-state index in [4.69, 9.17) is 4.74 Å². The first-order valence-corrected chi connectivity index (χ1v) is 7.02. The fourth-order valence-corrected chi connectivity index (χ4v) is 2.57. The van der Waals surface area contributed by atoms with E-state index in [9.17, 15) is 14.7 Å². The summed E-state index contributed by atoms with van der Waals surface area (Å²) in [6.45, 7) is 2.30. The molecule has 1 atom stereocenters. The second kappa shape index (κ2) is 8.11. The Morgan fingerprint density at radius 2 is 1.94 bits per heavy atom. The van der Waals surface area contributed by atoms with Gasteiger partial charge in [-0.1, -0.05) is 39.0 Å². The van der Waals surface area contributed by atoms with Gasteiger partial charge in [0.05, 0.1) is 18.9 Å². The van der Waals surface area contributed by atoms with Crippen LogP contribution in [0.3, 0.4) is 0 Å². The van der Waals surface area contributed by atoms with E-state index in [0.717, 1.165) is 19.3 Å². The number of hydrogen-bond acceptors (Lipinski definition) is 3. The van der Waals surface area contributed by atoms with Crippen molar-refractivity contribution in [2.24, 2.45) is 11.8 Å². The first-order chi connectivity index (χ1) is 8.63. The fraction of sp³-hybridized carbons (Fsp3) is 0.857. The van der Waals surface area contributed by atoms with E-state index >= 15 is 0 Å². The van der Waals surface area contributed by atoms with Gasteiger partial charge in [0.15, 0.2) is 0 Å². The largest absolute Gasteiger partial charge is 0.481 e. The van der Waals surface area contributed by atoms with Gasteiger partial charge < -0.3 is 9.84 Å². The monoisotopic (exact) mass is 256 g/mol. The summed E-state index contributed by atoms with van der Waals surface area (Å²) in [6, 6.07) is 0. The van der Waals surface area contributed by atoms with Gasteiger partial charge in [-0.25, -0.2) is 0 Å². The van der Waals surface area contributed by atoms with E-state index in [1.807, 2.05) is 6.92 Å². The van der Waals surface area contributed by atoms with Gasteiger partial charge in [-0.15, -0.1) is 0 Å². The molecule has 0 heterocycles. The zero-order valence-electron chi connectivity index (χ0n) is 11.2. The number of carboxylic acid groups (broad SMARTS) is 1. The Morgan fingerprint density at radius 1 is 1.28 bits per heavy atom. The summed E-state index contributed by atoms with van der Waals surface area (Å²) in [7, 11) is 0. The molecule has 0 amide bonds. The highest BCUT2D eigenvalue weighted by Crippen LogP contribution is 2.30. The molecule has 0 aromatic heterocycles. The van der Waals surface area contributed by atoms with Gasteiger partial charge >= 0.3 is 11.9 Å². The number of ether oxygens (including phenoxy) is 1. The summed E-state index contributed by atoms with van der Waals surface area (Å²) in [4.78, 5) is 22.6. The first-order valence-electron chi connectivity index (χ1n) is 7.02. The molecule has 0 bridgehead atoms. The van der Waals surface area contributed by atoms with Crippen molar-refractivity contribution in [3.63, 3.8) is 0 Å². The zero-order chi connectivity index (χ0) is 13.4. The van der Waals surface area contributed by atoms with E-state index in [1.54, 1.807) is 0 Å². The van der Waals surface area contributed by atoms with Gasteiger partial charge in [0.2, 0.25) is 0 Å². The lowest BCUT2D eigenvalue weighted by molar-refractivity contribution is -0.152. The SMILES string of the molecule is CCCOC(=O)CC(CC1CCCCC1)C(=O)O. The fourth-order valence-electron chi connectivity index (χ4n) is 2.57. The van der Waals surface area contributed by atoms with Crippen LogP contribution in [0.5, 0.6) is 0 Å². The van der Waals surface area contributed by atoms with E-state index in [2.05, 4.69) is 0 Å². The minimum Gasteiger partial charge on any atom is -0.481 e. The molecule has 1 saturated carbocycles. The molecule has 0 saturated heterocycles. The van der Waals surface area contributed by atoms with Crippen molar-refractivity contribution < 1.29 is 19.4 Å². The zero-order valence-corrected chi connectivity index (χ0v) is 11.2. The summed E-state index contributed by atoms with van der Waals surface area (Å²) in [5.41, 5.74) is 0. The molecule has 104 valence electrons.